The monoisotopic (exact) mass is 328 g/mol. The third kappa shape index (κ3) is 5.79. The van der Waals surface area contributed by atoms with E-state index in [9.17, 15) is 4.79 Å². The molecule has 120 valence electrons. The topological polar surface area (TPSA) is 50.7 Å². The van der Waals surface area contributed by atoms with Crippen molar-refractivity contribution in [2.45, 2.75) is 12.7 Å². The maximum atomic E-state index is 11.8. The summed E-state index contributed by atoms with van der Waals surface area (Å²) in [4.78, 5) is 11.8. The number of hydrogen-bond acceptors (Lipinski definition) is 4. The first-order chi connectivity index (χ1) is 11.2. The second-order valence-corrected chi connectivity index (χ2v) is 6.00. The lowest BCUT2D eigenvalue weighted by atomic mass is 10.2. The summed E-state index contributed by atoms with van der Waals surface area (Å²) in [5.74, 6) is 1.79. The molecule has 0 atom stereocenters. The van der Waals surface area contributed by atoms with Gasteiger partial charge in [-0.25, -0.2) is 5.43 Å². The first kappa shape index (κ1) is 17.1. The molecule has 0 aromatic heterocycles. The lowest BCUT2D eigenvalue weighted by Gasteiger charge is -2.04. The van der Waals surface area contributed by atoms with Crippen molar-refractivity contribution in [3.05, 3.63) is 65.2 Å². The molecule has 2 rings (SSSR count). The standard InChI is InChI=1S/C18H20N2O2S/c1-14-7-9-15(10-8-14)12-23-13-18(21)20-19-11-16-5-3-4-6-17(16)22-2/h3-11H,12-13H2,1-2H3,(H,20,21)/b19-11+. The molecule has 2 aromatic carbocycles. The number of para-hydroxylation sites is 1. The van der Waals surface area contributed by atoms with Crippen LogP contribution >= 0.6 is 11.8 Å². The van der Waals surface area contributed by atoms with Gasteiger partial charge >= 0.3 is 0 Å². The second kappa shape index (κ2) is 9.00. The maximum Gasteiger partial charge on any atom is 0.250 e. The number of rotatable bonds is 7. The van der Waals surface area contributed by atoms with Crippen molar-refractivity contribution in [1.82, 2.24) is 5.43 Å². The highest BCUT2D eigenvalue weighted by Gasteiger charge is 2.01. The predicted molar refractivity (Wildman–Crippen MR) is 96.1 cm³/mol. The van der Waals surface area contributed by atoms with Gasteiger partial charge in [0.05, 0.1) is 19.1 Å². The second-order valence-electron chi connectivity index (χ2n) is 5.01. The van der Waals surface area contributed by atoms with Gasteiger partial charge in [-0.1, -0.05) is 42.0 Å². The van der Waals surface area contributed by atoms with Gasteiger partial charge in [0.15, 0.2) is 0 Å². The fourth-order valence-electron chi connectivity index (χ4n) is 1.93. The first-order valence-corrected chi connectivity index (χ1v) is 8.42. The molecule has 1 amide bonds. The van der Waals surface area contributed by atoms with Gasteiger partial charge < -0.3 is 4.74 Å². The number of thioether (sulfide) groups is 1. The van der Waals surface area contributed by atoms with Crippen LogP contribution in [0.2, 0.25) is 0 Å². The number of nitrogens with zero attached hydrogens (tertiary/aromatic N) is 1. The zero-order chi connectivity index (χ0) is 16.5. The lowest BCUT2D eigenvalue weighted by molar-refractivity contribution is -0.118. The number of carbonyl (C=O) groups excluding carboxylic acids is 1. The summed E-state index contributed by atoms with van der Waals surface area (Å²) >= 11 is 1.56. The van der Waals surface area contributed by atoms with Crippen LogP contribution in [-0.2, 0) is 10.5 Å². The van der Waals surface area contributed by atoms with Crippen LogP contribution in [0.4, 0.5) is 0 Å². The highest BCUT2D eigenvalue weighted by Crippen LogP contribution is 2.15. The predicted octanol–water partition coefficient (Wildman–Crippen LogP) is 3.39. The fourth-order valence-corrected chi connectivity index (χ4v) is 2.71. The summed E-state index contributed by atoms with van der Waals surface area (Å²) in [6.45, 7) is 2.06. The van der Waals surface area contributed by atoms with E-state index in [4.69, 9.17) is 4.74 Å². The number of methoxy groups -OCH3 is 1. The molecule has 23 heavy (non-hydrogen) atoms. The summed E-state index contributed by atoms with van der Waals surface area (Å²) in [5.41, 5.74) is 5.81. The Morgan fingerprint density at radius 1 is 1.22 bits per heavy atom. The largest absolute Gasteiger partial charge is 0.496 e. The van der Waals surface area contributed by atoms with Crippen LogP contribution in [0.25, 0.3) is 0 Å². The molecule has 0 unspecified atom stereocenters. The van der Waals surface area contributed by atoms with Crippen molar-refractivity contribution < 1.29 is 9.53 Å². The average Bonchev–Trinajstić information content (AvgIpc) is 2.57. The molecule has 0 heterocycles. The quantitative estimate of drug-likeness (QED) is 0.626. The molecule has 0 aliphatic carbocycles. The van der Waals surface area contributed by atoms with Crippen molar-refractivity contribution in [2.75, 3.05) is 12.9 Å². The van der Waals surface area contributed by atoms with Crippen molar-refractivity contribution in [1.29, 1.82) is 0 Å². The van der Waals surface area contributed by atoms with E-state index in [1.807, 2.05) is 24.3 Å². The normalized spacial score (nSPS) is 10.7. The number of carbonyl (C=O) groups is 1. The van der Waals surface area contributed by atoms with E-state index in [1.54, 1.807) is 25.1 Å². The van der Waals surface area contributed by atoms with E-state index in [0.29, 0.717) is 5.75 Å². The Kier molecular flexibility index (Phi) is 6.69. The molecular formula is C18H20N2O2S. The summed E-state index contributed by atoms with van der Waals surface area (Å²) < 4.78 is 5.22. The third-order valence-electron chi connectivity index (χ3n) is 3.15. The van der Waals surface area contributed by atoms with Gasteiger partial charge in [-0.15, -0.1) is 11.8 Å². The summed E-state index contributed by atoms with van der Waals surface area (Å²) in [7, 11) is 1.60. The Morgan fingerprint density at radius 3 is 2.70 bits per heavy atom. The Hall–Kier alpha value is -2.27. The zero-order valence-electron chi connectivity index (χ0n) is 13.3. The van der Waals surface area contributed by atoms with E-state index in [1.165, 1.54) is 11.1 Å². The van der Waals surface area contributed by atoms with Crippen molar-refractivity contribution >= 4 is 23.9 Å². The number of amides is 1. The molecule has 1 N–H and O–H groups in total. The van der Waals surface area contributed by atoms with Crippen molar-refractivity contribution in [2.24, 2.45) is 5.10 Å². The molecule has 4 nitrogen and oxygen atoms in total. The minimum Gasteiger partial charge on any atom is -0.496 e. The van der Waals surface area contributed by atoms with Gasteiger partial charge in [-0.2, -0.15) is 5.10 Å². The summed E-state index contributed by atoms with van der Waals surface area (Å²) in [5, 5.41) is 3.97. The molecular weight excluding hydrogens is 308 g/mol. The number of hydrazone groups is 1. The summed E-state index contributed by atoms with van der Waals surface area (Å²) in [6, 6.07) is 15.8. The van der Waals surface area contributed by atoms with Crippen LogP contribution in [0.1, 0.15) is 16.7 Å². The zero-order valence-corrected chi connectivity index (χ0v) is 14.1. The molecule has 0 bridgehead atoms. The van der Waals surface area contributed by atoms with Crippen LogP contribution in [-0.4, -0.2) is 25.0 Å². The van der Waals surface area contributed by atoms with Gasteiger partial charge in [0.2, 0.25) is 5.91 Å². The smallest absolute Gasteiger partial charge is 0.250 e. The Morgan fingerprint density at radius 2 is 1.96 bits per heavy atom. The van der Waals surface area contributed by atoms with E-state index in [-0.39, 0.29) is 5.91 Å². The molecule has 0 fully saturated rings. The molecule has 0 spiro atoms. The van der Waals surface area contributed by atoms with Gasteiger partial charge in [-0.3, -0.25) is 4.79 Å². The van der Waals surface area contributed by atoms with E-state index >= 15 is 0 Å². The Balaban J connectivity index is 1.74. The highest BCUT2D eigenvalue weighted by molar-refractivity contribution is 7.99. The number of aryl methyl sites for hydroxylation is 1. The third-order valence-corrected chi connectivity index (χ3v) is 4.16. The molecule has 5 heteroatoms. The summed E-state index contributed by atoms with van der Waals surface area (Å²) in [6.07, 6.45) is 1.58. The van der Waals surface area contributed by atoms with Gasteiger partial charge in [-0.05, 0) is 24.6 Å². The Bertz CT molecular complexity index is 669. The van der Waals surface area contributed by atoms with Crippen LogP contribution in [0.5, 0.6) is 5.75 Å². The van der Waals surface area contributed by atoms with Crippen LogP contribution in [0.3, 0.4) is 0 Å². The SMILES string of the molecule is COc1ccccc1/C=N/NC(=O)CSCc1ccc(C)cc1. The number of nitrogens with one attached hydrogen (secondary N) is 1. The molecule has 0 aliphatic heterocycles. The van der Waals surface area contributed by atoms with Crippen molar-refractivity contribution in [3.63, 3.8) is 0 Å². The molecule has 0 radical (unpaired) electrons. The van der Waals surface area contributed by atoms with Crippen LogP contribution in [0, 0.1) is 6.92 Å². The molecule has 0 saturated carbocycles. The maximum absolute atomic E-state index is 11.8. The fraction of sp³-hybridized carbons (Fsp3) is 0.222. The lowest BCUT2D eigenvalue weighted by Crippen LogP contribution is -2.19. The minimum absolute atomic E-state index is 0.117. The number of hydrogen-bond donors (Lipinski definition) is 1. The number of benzene rings is 2. The van der Waals surface area contributed by atoms with Gasteiger partial charge in [0, 0.05) is 11.3 Å². The van der Waals surface area contributed by atoms with E-state index in [0.717, 1.165) is 17.1 Å². The van der Waals surface area contributed by atoms with Crippen LogP contribution in [0.15, 0.2) is 53.6 Å². The molecule has 2 aromatic rings. The molecule has 0 aliphatic rings. The van der Waals surface area contributed by atoms with Crippen molar-refractivity contribution in [3.8, 4) is 5.75 Å². The van der Waals surface area contributed by atoms with Gasteiger partial charge in [0.25, 0.3) is 0 Å². The van der Waals surface area contributed by atoms with E-state index in [2.05, 4.69) is 41.7 Å². The first-order valence-electron chi connectivity index (χ1n) is 7.27. The highest BCUT2D eigenvalue weighted by atomic mass is 32.2. The van der Waals surface area contributed by atoms with E-state index < -0.39 is 0 Å². The molecule has 0 saturated heterocycles. The number of ether oxygens (including phenoxy) is 1. The Labute approximate surface area is 140 Å². The minimum atomic E-state index is -0.117. The average molecular weight is 328 g/mol. The van der Waals surface area contributed by atoms with Gasteiger partial charge in [0.1, 0.15) is 5.75 Å². The van der Waals surface area contributed by atoms with Crippen LogP contribution < -0.4 is 10.2 Å².